The van der Waals surface area contributed by atoms with Gasteiger partial charge in [0.25, 0.3) is 0 Å². The van der Waals surface area contributed by atoms with Crippen LogP contribution in [0.15, 0.2) is 35.9 Å². The summed E-state index contributed by atoms with van der Waals surface area (Å²) in [5.41, 5.74) is 11.2. The standard InChI is InChI=1S/C7H12N2O/c1-2-3-4-6(8)7(9)5-10/h2-5,10H,8-9H2,1H3/b3-2-,6-4+,7-5-. The van der Waals surface area contributed by atoms with Crippen LogP contribution in [0, 0.1) is 0 Å². The molecule has 3 heteroatoms. The minimum absolute atomic E-state index is 0.179. The predicted octanol–water partition coefficient (Wildman–Crippen LogP) is 0.763. The molecule has 0 spiro atoms. The molecule has 0 bridgehead atoms. The summed E-state index contributed by atoms with van der Waals surface area (Å²) in [6.45, 7) is 1.86. The van der Waals surface area contributed by atoms with Crippen molar-refractivity contribution in [2.45, 2.75) is 6.92 Å². The second-order valence-corrected chi connectivity index (χ2v) is 1.73. The summed E-state index contributed by atoms with van der Waals surface area (Å²) in [5, 5.41) is 8.37. The molecule has 3 nitrogen and oxygen atoms in total. The van der Waals surface area contributed by atoms with Crippen LogP contribution in [0.4, 0.5) is 0 Å². The lowest BCUT2D eigenvalue weighted by atomic mass is 10.3. The van der Waals surface area contributed by atoms with Crippen LogP contribution in [0.2, 0.25) is 0 Å². The Morgan fingerprint density at radius 2 is 1.90 bits per heavy atom. The zero-order chi connectivity index (χ0) is 7.98. The minimum atomic E-state index is 0.179. The van der Waals surface area contributed by atoms with Gasteiger partial charge in [-0.05, 0) is 13.0 Å². The second-order valence-electron chi connectivity index (χ2n) is 1.73. The highest BCUT2D eigenvalue weighted by atomic mass is 16.2. The number of aliphatic hydroxyl groups excluding tert-OH is 1. The first-order valence-corrected chi connectivity index (χ1v) is 2.91. The van der Waals surface area contributed by atoms with Gasteiger partial charge in [0.15, 0.2) is 0 Å². The molecule has 56 valence electrons. The van der Waals surface area contributed by atoms with Gasteiger partial charge in [0.1, 0.15) is 6.26 Å². The fraction of sp³-hybridized carbons (Fsp3) is 0.143. The molecular formula is C7H12N2O. The molecule has 0 aliphatic heterocycles. The quantitative estimate of drug-likeness (QED) is 0.391. The van der Waals surface area contributed by atoms with Gasteiger partial charge in [-0.25, -0.2) is 0 Å². The zero-order valence-electron chi connectivity index (χ0n) is 5.91. The van der Waals surface area contributed by atoms with Gasteiger partial charge in [-0.2, -0.15) is 0 Å². The van der Waals surface area contributed by atoms with E-state index in [1.165, 1.54) is 0 Å². The lowest BCUT2D eigenvalue weighted by molar-refractivity contribution is 0.467. The van der Waals surface area contributed by atoms with Gasteiger partial charge in [-0.15, -0.1) is 0 Å². The van der Waals surface area contributed by atoms with Gasteiger partial charge in [-0.3, -0.25) is 0 Å². The number of aliphatic hydroxyl groups is 1. The number of hydrogen-bond acceptors (Lipinski definition) is 3. The van der Waals surface area contributed by atoms with Crippen LogP contribution >= 0.6 is 0 Å². The normalized spacial score (nSPS) is 14.5. The fourth-order valence-electron chi connectivity index (χ4n) is 0.371. The number of hydrogen-bond donors (Lipinski definition) is 3. The van der Waals surface area contributed by atoms with Crippen LogP contribution in [0.5, 0.6) is 0 Å². The minimum Gasteiger partial charge on any atom is -0.513 e. The monoisotopic (exact) mass is 140 g/mol. The maximum Gasteiger partial charge on any atom is 0.104 e. The van der Waals surface area contributed by atoms with Crippen LogP contribution in [-0.4, -0.2) is 5.11 Å². The summed E-state index contributed by atoms with van der Waals surface area (Å²) >= 11 is 0. The van der Waals surface area contributed by atoms with Crippen molar-refractivity contribution in [3.05, 3.63) is 35.9 Å². The molecule has 0 unspecified atom stereocenters. The highest BCUT2D eigenvalue weighted by Crippen LogP contribution is 1.93. The Morgan fingerprint density at radius 3 is 2.30 bits per heavy atom. The van der Waals surface area contributed by atoms with E-state index in [0.717, 1.165) is 6.26 Å². The molecule has 0 saturated heterocycles. The van der Waals surface area contributed by atoms with Gasteiger partial charge in [0, 0.05) is 0 Å². The van der Waals surface area contributed by atoms with Crippen molar-refractivity contribution in [2.75, 3.05) is 0 Å². The molecule has 0 heterocycles. The van der Waals surface area contributed by atoms with Gasteiger partial charge in [0.05, 0.1) is 11.4 Å². The van der Waals surface area contributed by atoms with E-state index < -0.39 is 0 Å². The van der Waals surface area contributed by atoms with Crippen molar-refractivity contribution in [3.63, 3.8) is 0 Å². The molecule has 0 aromatic heterocycles. The molecule has 0 radical (unpaired) electrons. The molecule has 0 saturated carbocycles. The summed E-state index contributed by atoms with van der Waals surface area (Å²) < 4.78 is 0. The Bertz CT molecular complexity index is 180. The van der Waals surface area contributed by atoms with Gasteiger partial charge in [-0.1, -0.05) is 12.2 Å². The highest BCUT2D eigenvalue weighted by molar-refractivity contribution is 5.26. The van der Waals surface area contributed by atoms with Crippen molar-refractivity contribution < 1.29 is 5.11 Å². The summed E-state index contributed by atoms with van der Waals surface area (Å²) in [6.07, 6.45) is 5.95. The second kappa shape index (κ2) is 4.49. The lowest BCUT2D eigenvalue weighted by Crippen LogP contribution is -2.08. The van der Waals surface area contributed by atoms with Gasteiger partial charge < -0.3 is 16.6 Å². The first kappa shape index (κ1) is 8.62. The van der Waals surface area contributed by atoms with Crippen molar-refractivity contribution in [3.8, 4) is 0 Å². The Hall–Kier alpha value is -1.38. The molecule has 0 aliphatic rings. The summed E-state index contributed by atoms with van der Waals surface area (Å²) in [5.74, 6) is 0. The maximum atomic E-state index is 8.37. The van der Waals surface area contributed by atoms with E-state index in [4.69, 9.17) is 16.6 Å². The van der Waals surface area contributed by atoms with Crippen molar-refractivity contribution in [2.24, 2.45) is 11.5 Å². The van der Waals surface area contributed by atoms with Crippen LogP contribution in [0.3, 0.4) is 0 Å². The fourth-order valence-corrected chi connectivity index (χ4v) is 0.371. The van der Waals surface area contributed by atoms with Crippen molar-refractivity contribution in [1.29, 1.82) is 0 Å². The highest BCUT2D eigenvalue weighted by Gasteiger charge is 1.89. The average Bonchev–Trinajstić information content (AvgIpc) is 1.98. The number of allylic oxidation sites excluding steroid dienone is 3. The van der Waals surface area contributed by atoms with E-state index in [1.54, 1.807) is 12.2 Å². The van der Waals surface area contributed by atoms with Crippen LogP contribution in [0.25, 0.3) is 0 Å². The summed E-state index contributed by atoms with van der Waals surface area (Å²) in [4.78, 5) is 0. The summed E-state index contributed by atoms with van der Waals surface area (Å²) in [7, 11) is 0. The van der Waals surface area contributed by atoms with Crippen molar-refractivity contribution >= 4 is 0 Å². The summed E-state index contributed by atoms with van der Waals surface area (Å²) in [6, 6.07) is 0. The van der Waals surface area contributed by atoms with E-state index >= 15 is 0 Å². The Morgan fingerprint density at radius 1 is 1.30 bits per heavy atom. The molecular weight excluding hydrogens is 128 g/mol. The van der Waals surface area contributed by atoms with Gasteiger partial charge in [0.2, 0.25) is 0 Å². The van der Waals surface area contributed by atoms with E-state index in [-0.39, 0.29) is 5.70 Å². The number of rotatable bonds is 2. The van der Waals surface area contributed by atoms with E-state index in [1.807, 2.05) is 13.0 Å². The molecule has 0 aliphatic carbocycles. The van der Waals surface area contributed by atoms with E-state index in [2.05, 4.69) is 0 Å². The molecule has 0 rings (SSSR count). The van der Waals surface area contributed by atoms with Crippen LogP contribution in [-0.2, 0) is 0 Å². The molecule has 10 heavy (non-hydrogen) atoms. The molecule has 0 aromatic carbocycles. The molecule has 0 atom stereocenters. The third kappa shape index (κ3) is 2.81. The van der Waals surface area contributed by atoms with E-state index in [0.29, 0.717) is 5.70 Å². The Balaban J connectivity index is 4.19. The topological polar surface area (TPSA) is 72.3 Å². The SMILES string of the molecule is C\C=C/C=C(N)\C(N)=C\O. The third-order valence-corrected chi connectivity index (χ3v) is 0.941. The Labute approximate surface area is 60.3 Å². The molecule has 0 amide bonds. The largest absolute Gasteiger partial charge is 0.513 e. The molecule has 0 fully saturated rings. The average molecular weight is 140 g/mol. The lowest BCUT2D eigenvalue weighted by Gasteiger charge is -1.95. The van der Waals surface area contributed by atoms with Crippen LogP contribution < -0.4 is 11.5 Å². The Kier molecular flexibility index (Phi) is 3.87. The zero-order valence-corrected chi connectivity index (χ0v) is 5.91. The smallest absolute Gasteiger partial charge is 0.104 e. The molecule has 5 N–H and O–H groups in total. The first-order valence-electron chi connectivity index (χ1n) is 2.91. The molecule has 0 aromatic rings. The maximum absolute atomic E-state index is 8.37. The van der Waals surface area contributed by atoms with Gasteiger partial charge >= 0.3 is 0 Å². The van der Waals surface area contributed by atoms with Crippen LogP contribution in [0.1, 0.15) is 6.92 Å². The predicted molar refractivity (Wildman–Crippen MR) is 42.0 cm³/mol. The first-order chi connectivity index (χ1) is 4.72. The third-order valence-electron chi connectivity index (χ3n) is 0.941. The van der Waals surface area contributed by atoms with E-state index in [9.17, 15) is 0 Å². The van der Waals surface area contributed by atoms with Crippen molar-refractivity contribution in [1.82, 2.24) is 0 Å². The number of nitrogens with two attached hydrogens (primary N) is 2.